The monoisotopic (exact) mass is 269 g/mol. The van der Waals surface area contributed by atoms with Crippen LogP contribution in [0.3, 0.4) is 0 Å². The van der Waals surface area contributed by atoms with E-state index < -0.39 is 6.10 Å². The Labute approximate surface area is 114 Å². The zero-order valence-corrected chi connectivity index (χ0v) is 11.9. The molecule has 0 bridgehead atoms. The maximum atomic E-state index is 12.8. The quantitative estimate of drug-likeness (QED) is 0.762. The number of methoxy groups -OCH3 is 1. The lowest BCUT2D eigenvalue weighted by molar-refractivity contribution is 0.140. The topological polar surface area (TPSA) is 41.5 Å². The second-order valence-electron chi connectivity index (χ2n) is 5.61. The van der Waals surface area contributed by atoms with Gasteiger partial charge in [0.2, 0.25) is 0 Å². The van der Waals surface area contributed by atoms with Crippen LogP contribution in [-0.4, -0.2) is 31.9 Å². The fourth-order valence-corrected chi connectivity index (χ4v) is 1.82. The molecule has 0 fully saturated rings. The SMILES string of the molecule is COCCC(C)(C)CNCC(O)c1ccc(F)cc1. The van der Waals surface area contributed by atoms with Crippen LogP contribution in [0.25, 0.3) is 0 Å². The van der Waals surface area contributed by atoms with Gasteiger partial charge in [-0.1, -0.05) is 26.0 Å². The van der Waals surface area contributed by atoms with Crippen LogP contribution < -0.4 is 5.32 Å². The van der Waals surface area contributed by atoms with Crippen LogP contribution in [0, 0.1) is 11.2 Å². The van der Waals surface area contributed by atoms with E-state index in [-0.39, 0.29) is 11.2 Å². The fourth-order valence-electron chi connectivity index (χ4n) is 1.82. The Morgan fingerprint density at radius 2 is 1.95 bits per heavy atom. The fraction of sp³-hybridized carbons (Fsp3) is 0.600. The molecule has 0 saturated carbocycles. The Kier molecular flexibility index (Phi) is 6.42. The third-order valence-corrected chi connectivity index (χ3v) is 3.18. The predicted octanol–water partition coefficient (Wildman–Crippen LogP) is 2.51. The lowest BCUT2D eigenvalue weighted by Gasteiger charge is -2.25. The van der Waals surface area contributed by atoms with Gasteiger partial charge in [0.25, 0.3) is 0 Å². The molecule has 1 rings (SSSR count). The summed E-state index contributed by atoms with van der Waals surface area (Å²) >= 11 is 0. The third-order valence-electron chi connectivity index (χ3n) is 3.18. The van der Waals surface area contributed by atoms with Crippen LogP contribution in [0.5, 0.6) is 0 Å². The molecule has 0 radical (unpaired) electrons. The molecule has 0 amide bonds. The standard InChI is InChI=1S/C15H24FNO2/c1-15(2,8-9-19-3)11-17-10-14(18)12-4-6-13(16)7-5-12/h4-7,14,17-18H,8-11H2,1-3H3. The highest BCUT2D eigenvalue weighted by atomic mass is 19.1. The molecule has 0 aromatic heterocycles. The van der Waals surface area contributed by atoms with Gasteiger partial charge in [-0.15, -0.1) is 0 Å². The number of aliphatic hydroxyl groups excluding tert-OH is 1. The normalized spacial score (nSPS) is 13.5. The molecule has 0 aliphatic rings. The highest BCUT2D eigenvalue weighted by Gasteiger charge is 2.17. The van der Waals surface area contributed by atoms with E-state index in [1.807, 2.05) is 0 Å². The second-order valence-corrected chi connectivity index (χ2v) is 5.61. The summed E-state index contributed by atoms with van der Waals surface area (Å²) in [6.07, 6.45) is 0.349. The Morgan fingerprint density at radius 3 is 2.53 bits per heavy atom. The van der Waals surface area contributed by atoms with Crippen molar-refractivity contribution in [1.82, 2.24) is 5.32 Å². The zero-order chi connectivity index (χ0) is 14.3. The van der Waals surface area contributed by atoms with Crippen LogP contribution in [0.2, 0.25) is 0 Å². The van der Waals surface area contributed by atoms with E-state index in [4.69, 9.17) is 4.74 Å². The van der Waals surface area contributed by atoms with E-state index in [9.17, 15) is 9.50 Å². The minimum absolute atomic E-state index is 0.124. The molecule has 0 aliphatic heterocycles. The number of rotatable bonds is 8. The zero-order valence-electron chi connectivity index (χ0n) is 11.9. The molecule has 1 atom stereocenters. The molecule has 0 spiro atoms. The number of nitrogens with one attached hydrogen (secondary N) is 1. The molecule has 1 unspecified atom stereocenters. The Morgan fingerprint density at radius 1 is 1.32 bits per heavy atom. The average Bonchev–Trinajstić information content (AvgIpc) is 2.37. The van der Waals surface area contributed by atoms with Crippen LogP contribution in [0.15, 0.2) is 24.3 Å². The van der Waals surface area contributed by atoms with Crippen molar-refractivity contribution in [3.05, 3.63) is 35.6 Å². The van der Waals surface area contributed by atoms with E-state index >= 15 is 0 Å². The number of hydrogen-bond donors (Lipinski definition) is 2. The number of ether oxygens (including phenoxy) is 1. The largest absolute Gasteiger partial charge is 0.387 e. The van der Waals surface area contributed by atoms with Gasteiger partial charge in [0, 0.05) is 26.8 Å². The van der Waals surface area contributed by atoms with Crippen molar-refractivity contribution in [2.24, 2.45) is 5.41 Å². The number of hydrogen-bond acceptors (Lipinski definition) is 3. The number of aliphatic hydroxyl groups is 1. The van der Waals surface area contributed by atoms with Gasteiger partial charge in [-0.25, -0.2) is 4.39 Å². The van der Waals surface area contributed by atoms with Crippen LogP contribution in [-0.2, 0) is 4.74 Å². The van der Waals surface area contributed by atoms with Gasteiger partial charge in [0.15, 0.2) is 0 Å². The van der Waals surface area contributed by atoms with Gasteiger partial charge < -0.3 is 15.2 Å². The molecule has 3 nitrogen and oxygen atoms in total. The molecule has 2 N–H and O–H groups in total. The van der Waals surface area contributed by atoms with Gasteiger partial charge in [0.1, 0.15) is 5.82 Å². The van der Waals surface area contributed by atoms with Crippen molar-refractivity contribution in [1.29, 1.82) is 0 Å². The molecular weight excluding hydrogens is 245 g/mol. The van der Waals surface area contributed by atoms with Crippen molar-refractivity contribution < 1.29 is 14.2 Å². The van der Waals surface area contributed by atoms with E-state index in [1.165, 1.54) is 12.1 Å². The molecule has 1 aromatic carbocycles. The highest BCUT2D eigenvalue weighted by Crippen LogP contribution is 2.19. The molecule has 4 heteroatoms. The highest BCUT2D eigenvalue weighted by molar-refractivity contribution is 5.18. The molecule has 108 valence electrons. The Balaban J connectivity index is 2.34. The molecule has 1 aromatic rings. The summed E-state index contributed by atoms with van der Waals surface area (Å²) < 4.78 is 17.8. The summed E-state index contributed by atoms with van der Waals surface area (Å²) in [6.45, 7) is 6.30. The molecule has 0 heterocycles. The van der Waals surface area contributed by atoms with Crippen molar-refractivity contribution in [3.63, 3.8) is 0 Å². The van der Waals surface area contributed by atoms with Crippen LogP contribution in [0.1, 0.15) is 31.9 Å². The van der Waals surface area contributed by atoms with E-state index in [0.717, 1.165) is 25.1 Å². The molecule has 0 saturated heterocycles. The van der Waals surface area contributed by atoms with Crippen molar-refractivity contribution in [2.75, 3.05) is 26.8 Å². The van der Waals surface area contributed by atoms with Gasteiger partial charge in [-0.2, -0.15) is 0 Å². The number of benzene rings is 1. The predicted molar refractivity (Wildman–Crippen MR) is 74.5 cm³/mol. The molecule has 0 aliphatic carbocycles. The number of halogens is 1. The summed E-state index contributed by atoms with van der Waals surface area (Å²) in [5, 5.41) is 13.2. The summed E-state index contributed by atoms with van der Waals surface area (Å²) in [4.78, 5) is 0. The first kappa shape index (κ1) is 16.1. The lowest BCUT2D eigenvalue weighted by atomic mass is 9.89. The summed E-state index contributed by atoms with van der Waals surface area (Å²) in [7, 11) is 1.70. The first-order valence-electron chi connectivity index (χ1n) is 6.58. The third kappa shape index (κ3) is 6.14. The van der Waals surface area contributed by atoms with Gasteiger partial charge >= 0.3 is 0 Å². The Hall–Kier alpha value is -0.970. The lowest BCUT2D eigenvalue weighted by Crippen LogP contribution is -2.33. The Bertz CT molecular complexity index is 365. The van der Waals surface area contributed by atoms with Crippen LogP contribution >= 0.6 is 0 Å². The van der Waals surface area contributed by atoms with Gasteiger partial charge in [-0.3, -0.25) is 0 Å². The maximum Gasteiger partial charge on any atom is 0.123 e. The molecular formula is C15H24FNO2. The first-order valence-corrected chi connectivity index (χ1v) is 6.58. The van der Waals surface area contributed by atoms with Crippen molar-refractivity contribution in [2.45, 2.75) is 26.4 Å². The van der Waals surface area contributed by atoms with Gasteiger partial charge in [-0.05, 0) is 29.5 Å². The smallest absolute Gasteiger partial charge is 0.123 e. The van der Waals surface area contributed by atoms with E-state index in [0.29, 0.717) is 6.54 Å². The first-order chi connectivity index (χ1) is 8.94. The van der Waals surface area contributed by atoms with Crippen molar-refractivity contribution in [3.8, 4) is 0 Å². The van der Waals surface area contributed by atoms with E-state index in [2.05, 4.69) is 19.2 Å². The second kappa shape index (κ2) is 7.58. The summed E-state index contributed by atoms with van der Waals surface area (Å²) in [6, 6.07) is 5.94. The summed E-state index contributed by atoms with van der Waals surface area (Å²) in [5.41, 5.74) is 0.849. The summed E-state index contributed by atoms with van der Waals surface area (Å²) in [5.74, 6) is -0.287. The van der Waals surface area contributed by atoms with Gasteiger partial charge in [0.05, 0.1) is 6.10 Å². The minimum atomic E-state index is -0.612. The van der Waals surface area contributed by atoms with Crippen LogP contribution in [0.4, 0.5) is 4.39 Å². The average molecular weight is 269 g/mol. The minimum Gasteiger partial charge on any atom is -0.387 e. The maximum absolute atomic E-state index is 12.8. The molecule has 19 heavy (non-hydrogen) atoms. The van der Waals surface area contributed by atoms with E-state index in [1.54, 1.807) is 19.2 Å². The van der Waals surface area contributed by atoms with Crippen molar-refractivity contribution >= 4 is 0 Å².